The zero-order valence-corrected chi connectivity index (χ0v) is 16.3. The van der Waals surface area contributed by atoms with Crippen LogP contribution in [-0.4, -0.2) is 21.0 Å². The van der Waals surface area contributed by atoms with Crippen LogP contribution in [0.5, 0.6) is 0 Å². The molecule has 0 aromatic heterocycles. The second-order valence-electron chi connectivity index (χ2n) is 8.73. The van der Waals surface area contributed by atoms with Crippen molar-refractivity contribution >= 4 is 43.2 Å². The summed E-state index contributed by atoms with van der Waals surface area (Å²) in [5.74, 6) is 6.63. The van der Waals surface area contributed by atoms with Crippen LogP contribution in [0.4, 0.5) is 0 Å². The lowest BCUT2D eigenvalue weighted by Crippen LogP contribution is -2.56. The smallest absolute Gasteiger partial charge is 0.0225 e. The second kappa shape index (κ2) is 5.45. The van der Waals surface area contributed by atoms with Crippen molar-refractivity contribution in [3.63, 3.8) is 0 Å². The first kappa shape index (κ1) is 14.6. The van der Waals surface area contributed by atoms with E-state index >= 15 is 0 Å². The summed E-state index contributed by atoms with van der Waals surface area (Å²) < 4.78 is 0. The Kier molecular flexibility index (Phi) is 3.60. The van der Waals surface area contributed by atoms with Gasteiger partial charge in [0.05, 0.1) is 0 Å². The number of rotatable bonds is 0. The van der Waals surface area contributed by atoms with Crippen LogP contribution in [0.2, 0.25) is 0 Å². The SMILES string of the molecule is C1CCC2CC3C(CC2C1)C1SSC2CCC4SSC3C4C21. The Morgan fingerprint density at radius 1 is 0.545 bits per heavy atom. The van der Waals surface area contributed by atoms with Crippen molar-refractivity contribution in [2.24, 2.45) is 35.5 Å². The van der Waals surface area contributed by atoms with Gasteiger partial charge in [0.2, 0.25) is 0 Å². The first-order valence-electron chi connectivity index (χ1n) is 9.54. The van der Waals surface area contributed by atoms with Crippen LogP contribution in [0.25, 0.3) is 0 Å². The zero-order valence-electron chi connectivity index (χ0n) is 13.1. The topological polar surface area (TPSA) is 0 Å². The van der Waals surface area contributed by atoms with Gasteiger partial charge in [0.1, 0.15) is 0 Å². The average molecular weight is 371 g/mol. The Morgan fingerprint density at radius 3 is 1.55 bits per heavy atom. The summed E-state index contributed by atoms with van der Waals surface area (Å²) in [7, 11) is 9.35. The number of hydrogen-bond acceptors (Lipinski definition) is 4. The first-order chi connectivity index (χ1) is 10.9. The summed E-state index contributed by atoms with van der Waals surface area (Å²) in [4.78, 5) is 0. The highest BCUT2D eigenvalue weighted by atomic mass is 33.1. The maximum atomic E-state index is 2.36. The molecule has 10 atom stereocenters. The molecule has 122 valence electrons. The summed E-state index contributed by atoms with van der Waals surface area (Å²) >= 11 is 0. The van der Waals surface area contributed by atoms with Gasteiger partial charge in [0, 0.05) is 21.0 Å². The van der Waals surface area contributed by atoms with Crippen molar-refractivity contribution in [3.05, 3.63) is 0 Å². The fraction of sp³-hybridized carbons (Fsp3) is 1.00. The van der Waals surface area contributed by atoms with E-state index in [1.165, 1.54) is 25.7 Å². The van der Waals surface area contributed by atoms with Crippen molar-refractivity contribution < 1.29 is 0 Å². The van der Waals surface area contributed by atoms with Gasteiger partial charge in [-0.25, -0.2) is 0 Å². The molecule has 2 saturated heterocycles. The number of hydrogen-bond donors (Lipinski definition) is 0. The molecule has 4 aliphatic carbocycles. The molecule has 6 rings (SSSR count). The third kappa shape index (κ3) is 1.96. The minimum Gasteiger partial charge on any atom is -0.0901 e. The van der Waals surface area contributed by atoms with Gasteiger partial charge in [-0.2, -0.15) is 0 Å². The maximum Gasteiger partial charge on any atom is 0.0225 e. The lowest BCUT2D eigenvalue weighted by atomic mass is 9.54. The average Bonchev–Trinajstić information content (AvgIpc) is 3.16. The predicted molar refractivity (Wildman–Crippen MR) is 103 cm³/mol. The molecule has 2 aliphatic heterocycles. The molecule has 6 aliphatic rings. The van der Waals surface area contributed by atoms with Crippen molar-refractivity contribution in [2.75, 3.05) is 0 Å². The van der Waals surface area contributed by atoms with Crippen LogP contribution in [0.1, 0.15) is 51.4 Å². The Morgan fingerprint density at radius 2 is 1.05 bits per heavy atom. The Hall–Kier alpha value is 1.40. The van der Waals surface area contributed by atoms with Gasteiger partial charge < -0.3 is 0 Å². The Balaban J connectivity index is 1.37. The van der Waals surface area contributed by atoms with Crippen LogP contribution in [0.15, 0.2) is 0 Å². The molecule has 0 aromatic rings. The fourth-order valence-corrected chi connectivity index (χ4v) is 15.8. The molecule has 0 nitrogen and oxygen atoms in total. The van der Waals surface area contributed by atoms with Gasteiger partial charge in [-0.15, -0.1) is 0 Å². The summed E-state index contributed by atoms with van der Waals surface area (Å²) in [6.07, 6.45) is 12.5. The standard InChI is InChI=1S/C18H26S4/c1-2-4-10-8-12-11(7-9(10)3-1)17-15-13(19-21-17)5-6-14-16(15)18(12)22-20-14/h9-18H,1-8H2. The van der Waals surface area contributed by atoms with Crippen LogP contribution in [-0.2, 0) is 0 Å². The van der Waals surface area contributed by atoms with E-state index in [2.05, 4.69) is 43.2 Å². The third-order valence-electron chi connectivity index (χ3n) is 7.99. The fourth-order valence-electron chi connectivity index (χ4n) is 7.12. The van der Waals surface area contributed by atoms with Crippen LogP contribution >= 0.6 is 43.2 Å². The van der Waals surface area contributed by atoms with E-state index < -0.39 is 0 Å². The molecule has 0 radical (unpaired) electrons. The largest absolute Gasteiger partial charge is 0.0901 e. The van der Waals surface area contributed by atoms with E-state index in [0.29, 0.717) is 0 Å². The molecule has 0 spiro atoms. The minimum atomic E-state index is 1.03. The monoisotopic (exact) mass is 370 g/mol. The molecule has 10 unspecified atom stereocenters. The van der Waals surface area contributed by atoms with Gasteiger partial charge >= 0.3 is 0 Å². The maximum absolute atomic E-state index is 2.36. The van der Waals surface area contributed by atoms with E-state index in [-0.39, 0.29) is 0 Å². The molecule has 0 amide bonds. The Labute approximate surface area is 150 Å². The molecule has 4 heteroatoms. The summed E-state index contributed by atoms with van der Waals surface area (Å²) in [5, 5.41) is 4.16. The van der Waals surface area contributed by atoms with Gasteiger partial charge in [-0.05, 0) is 61.2 Å². The van der Waals surface area contributed by atoms with Crippen LogP contribution < -0.4 is 0 Å². The van der Waals surface area contributed by atoms with E-state index in [1.807, 2.05) is 0 Å². The van der Waals surface area contributed by atoms with Crippen LogP contribution in [0.3, 0.4) is 0 Å². The highest BCUT2D eigenvalue weighted by Gasteiger charge is 2.63. The van der Waals surface area contributed by atoms with Crippen molar-refractivity contribution in [3.8, 4) is 0 Å². The zero-order chi connectivity index (χ0) is 14.3. The van der Waals surface area contributed by atoms with Gasteiger partial charge in [-0.3, -0.25) is 0 Å². The Bertz CT molecular complexity index is 426. The van der Waals surface area contributed by atoms with E-state index in [1.54, 1.807) is 25.7 Å². The normalized spacial score (nSPS) is 62.2. The van der Waals surface area contributed by atoms with Gasteiger partial charge in [-0.1, -0.05) is 68.9 Å². The highest BCUT2D eigenvalue weighted by Crippen LogP contribution is 2.72. The van der Waals surface area contributed by atoms with Crippen LogP contribution in [0, 0.1) is 35.5 Å². The van der Waals surface area contributed by atoms with Gasteiger partial charge in [0.15, 0.2) is 0 Å². The second-order valence-corrected chi connectivity index (χ2v) is 14.1. The molecular formula is C18H26S4. The lowest BCUT2D eigenvalue weighted by Gasteiger charge is -2.55. The van der Waals surface area contributed by atoms with E-state index in [0.717, 1.165) is 56.5 Å². The van der Waals surface area contributed by atoms with Crippen molar-refractivity contribution in [2.45, 2.75) is 72.4 Å². The highest BCUT2D eigenvalue weighted by molar-refractivity contribution is 8.78. The molecule has 22 heavy (non-hydrogen) atoms. The summed E-state index contributed by atoms with van der Waals surface area (Å²) in [5.41, 5.74) is 0. The molecule has 0 N–H and O–H groups in total. The molecule has 0 aromatic carbocycles. The minimum absolute atomic E-state index is 1.03. The molecular weight excluding hydrogens is 344 g/mol. The lowest BCUT2D eigenvalue weighted by molar-refractivity contribution is 0.0152. The van der Waals surface area contributed by atoms with Crippen molar-refractivity contribution in [1.82, 2.24) is 0 Å². The molecule has 4 saturated carbocycles. The summed E-state index contributed by atoms with van der Waals surface area (Å²) in [6.45, 7) is 0. The summed E-state index contributed by atoms with van der Waals surface area (Å²) in [6, 6.07) is 0. The van der Waals surface area contributed by atoms with E-state index in [4.69, 9.17) is 0 Å². The predicted octanol–water partition coefficient (Wildman–Crippen LogP) is 6.12. The molecule has 6 fully saturated rings. The van der Waals surface area contributed by atoms with Crippen molar-refractivity contribution in [1.29, 1.82) is 0 Å². The molecule has 2 heterocycles. The molecule has 0 bridgehead atoms. The number of fused-ring (bicyclic) bond motifs is 4. The van der Waals surface area contributed by atoms with Gasteiger partial charge in [0.25, 0.3) is 0 Å². The quantitative estimate of drug-likeness (QED) is 0.471. The third-order valence-corrected chi connectivity index (χ3v) is 15.1. The van der Waals surface area contributed by atoms with E-state index in [9.17, 15) is 0 Å². The first-order valence-corrected chi connectivity index (χ1v) is 14.1.